The topological polar surface area (TPSA) is 130 Å². The molecule has 1 fully saturated rings. The van der Waals surface area contributed by atoms with E-state index < -0.39 is 5.91 Å². The number of hydrogen-bond acceptors (Lipinski definition) is 9. The first-order valence-corrected chi connectivity index (χ1v) is 14.2. The van der Waals surface area contributed by atoms with Gasteiger partial charge in [-0.25, -0.2) is 5.84 Å². The van der Waals surface area contributed by atoms with Crippen LogP contribution in [0.25, 0.3) is 17.5 Å². The number of nitrogens with two attached hydrogens (primary N) is 1. The van der Waals surface area contributed by atoms with E-state index in [9.17, 15) is 9.90 Å². The number of halogens is 1. The molecule has 1 aromatic heterocycles. The highest BCUT2D eigenvalue weighted by molar-refractivity contribution is 6.30. The summed E-state index contributed by atoms with van der Waals surface area (Å²) in [7, 11) is 0. The van der Waals surface area contributed by atoms with Crippen LogP contribution < -0.4 is 16.0 Å². The Labute approximate surface area is 255 Å². The molecular formula is C32H33ClN6O4. The van der Waals surface area contributed by atoms with Crippen LogP contribution in [0.15, 0.2) is 89.6 Å². The summed E-state index contributed by atoms with van der Waals surface area (Å²) in [6.07, 6.45) is 3.90. The Hall–Kier alpha value is -4.64. The largest absolute Gasteiger partial charge is 0.507 e. The average molecular weight is 601 g/mol. The molecule has 5 rings (SSSR count). The number of aromatic nitrogens is 2. The smallest absolute Gasteiger partial charge is 0.281 e. The van der Waals surface area contributed by atoms with Crippen LogP contribution in [0.2, 0.25) is 5.02 Å². The number of nitrogens with zero attached hydrogens (tertiary/aromatic N) is 4. The van der Waals surface area contributed by atoms with Crippen LogP contribution in [-0.4, -0.2) is 57.1 Å². The summed E-state index contributed by atoms with van der Waals surface area (Å²) in [6, 6.07) is 20.4. The molecule has 1 aliphatic heterocycles. The second-order valence-corrected chi connectivity index (χ2v) is 10.5. The first-order chi connectivity index (χ1) is 20.9. The lowest BCUT2D eigenvalue weighted by atomic mass is 10.0. The molecule has 11 heteroatoms. The monoisotopic (exact) mass is 600 g/mol. The van der Waals surface area contributed by atoms with Crippen molar-refractivity contribution >= 4 is 23.6 Å². The second-order valence-electron chi connectivity index (χ2n) is 10.0. The fourth-order valence-electron chi connectivity index (χ4n) is 4.89. The van der Waals surface area contributed by atoms with E-state index in [0.29, 0.717) is 79.5 Å². The number of carbonyl (C=O) groups excluding carboxylic acids is 1. The van der Waals surface area contributed by atoms with E-state index in [2.05, 4.69) is 27.0 Å². The van der Waals surface area contributed by atoms with Crippen LogP contribution in [0.3, 0.4) is 0 Å². The zero-order chi connectivity index (χ0) is 30.2. The summed E-state index contributed by atoms with van der Waals surface area (Å²) >= 11 is 5.97. The Balaban J connectivity index is 1.23. The lowest BCUT2D eigenvalue weighted by molar-refractivity contribution is -0.119. The van der Waals surface area contributed by atoms with Crippen molar-refractivity contribution in [3.8, 4) is 22.9 Å². The first kappa shape index (κ1) is 29.8. The SMILES string of the molecule is C=CCc1cccc(C=C(C(=O)NN)N2CCN(Cc3nc(-c4ccccc4COc4ccc(Cl)cc4)no3)CC2)c1O. The molecule has 0 aliphatic carbocycles. The number of piperazine rings is 1. The number of hydrogen-bond donors (Lipinski definition) is 3. The van der Waals surface area contributed by atoms with Gasteiger partial charge < -0.3 is 19.3 Å². The highest BCUT2D eigenvalue weighted by Crippen LogP contribution is 2.27. The van der Waals surface area contributed by atoms with Gasteiger partial charge in [0, 0.05) is 47.9 Å². The molecule has 43 heavy (non-hydrogen) atoms. The van der Waals surface area contributed by atoms with Crippen molar-refractivity contribution in [2.75, 3.05) is 26.2 Å². The molecule has 0 radical (unpaired) electrons. The molecule has 0 bridgehead atoms. The Morgan fingerprint density at radius 3 is 2.56 bits per heavy atom. The molecule has 3 aromatic carbocycles. The summed E-state index contributed by atoms with van der Waals surface area (Å²) in [5.41, 5.74) is 5.64. The summed E-state index contributed by atoms with van der Waals surface area (Å²) < 4.78 is 11.5. The highest BCUT2D eigenvalue weighted by atomic mass is 35.5. The fraction of sp³-hybridized carbons (Fsp3) is 0.219. The van der Waals surface area contributed by atoms with Gasteiger partial charge in [-0.1, -0.05) is 65.3 Å². The standard InChI is InChI=1S/C32H33ClN6O4/c1-2-6-22-8-5-9-23(30(22)40)19-28(32(41)36-34)39-17-15-38(16-18-39)20-29-35-31(37-43-29)27-10-4-3-7-24(27)21-42-26-13-11-25(33)12-14-26/h2-5,7-14,19,40H,1,6,15-18,20-21,34H2,(H,36,41). The number of carbonyl (C=O) groups is 1. The number of amides is 1. The van der Waals surface area contributed by atoms with Crippen molar-refractivity contribution in [3.63, 3.8) is 0 Å². The Kier molecular flexibility index (Phi) is 9.73. The molecule has 0 spiro atoms. The number of benzene rings is 3. The van der Waals surface area contributed by atoms with Crippen LogP contribution in [0, 0.1) is 0 Å². The van der Waals surface area contributed by atoms with E-state index in [4.69, 9.17) is 26.7 Å². The van der Waals surface area contributed by atoms with Crippen LogP contribution in [-0.2, 0) is 24.4 Å². The lowest BCUT2D eigenvalue weighted by Crippen LogP contribution is -2.48. The first-order valence-electron chi connectivity index (χ1n) is 13.9. The normalized spacial score (nSPS) is 14.0. The van der Waals surface area contributed by atoms with Gasteiger partial charge in [0.15, 0.2) is 0 Å². The van der Waals surface area contributed by atoms with Crippen molar-refractivity contribution in [1.29, 1.82) is 0 Å². The lowest BCUT2D eigenvalue weighted by Gasteiger charge is -2.36. The van der Waals surface area contributed by atoms with Gasteiger partial charge in [-0.3, -0.25) is 15.1 Å². The quantitative estimate of drug-likeness (QED) is 0.0746. The van der Waals surface area contributed by atoms with Crippen molar-refractivity contribution in [2.45, 2.75) is 19.6 Å². The predicted molar refractivity (Wildman–Crippen MR) is 165 cm³/mol. The number of hydrazine groups is 1. The number of nitrogens with one attached hydrogen (secondary N) is 1. The van der Waals surface area contributed by atoms with Crippen LogP contribution >= 0.6 is 11.6 Å². The van der Waals surface area contributed by atoms with Gasteiger partial charge in [-0.05, 0) is 42.3 Å². The van der Waals surface area contributed by atoms with Crippen LogP contribution in [0.1, 0.15) is 22.6 Å². The van der Waals surface area contributed by atoms with Gasteiger partial charge >= 0.3 is 0 Å². The second kappa shape index (κ2) is 14.0. The number of allylic oxidation sites excluding steroid dienone is 1. The van der Waals surface area contributed by atoms with Gasteiger partial charge in [-0.15, -0.1) is 6.58 Å². The van der Waals surface area contributed by atoms with Crippen molar-refractivity contribution < 1.29 is 19.2 Å². The number of rotatable bonds is 11. The van der Waals surface area contributed by atoms with E-state index in [1.807, 2.05) is 53.4 Å². The van der Waals surface area contributed by atoms with Crippen LogP contribution in [0.5, 0.6) is 11.5 Å². The van der Waals surface area contributed by atoms with E-state index in [-0.39, 0.29) is 5.75 Å². The molecule has 0 saturated carbocycles. The minimum Gasteiger partial charge on any atom is -0.507 e. The van der Waals surface area contributed by atoms with E-state index in [1.165, 1.54) is 0 Å². The Morgan fingerprint density at radius 1 is 1.07 bits per heavy atom. The van der Waals surface area contributed by atoms with E-state index in [1.54, 1.807) is 30.4 Å². The molecule has 2 heterocycles. The third-order valence-corrected chi connectivity index (χ3v) is 7.43. The molecule has 222 valence electrons. The zero-order valence-corrected chi connectivity index (χ0v) is 24.3. The average Bonchev–Trinajstić information content (AvgIpc) is 3.50. The molecule has 10 nitrogen and oxygen atoms in total. The number of ether oxygens (including phenoxy) is 1. The highest BCUT2D eigenvalue weighted by Gasteiger charge is 2.25. The number of aromatic hydroxyl groups is 1. The number of phenolic OH excluding ortho intramolecular Hbond substituents is 1. The maximum absolute atomic E-state index is 12.7. The maximum Gasteiger partial charge on any atom is 0.281 e. The zero-order valence-electron chi connectivity index (χ0n) is 23.6. The molecule has 0 unspecified atom stereocenters. The molecule has 4 aromatic rings. The predicted octanol–water partition coefficient (Wildman–Crippen LogP) is 4.55. The van der Waals surface area contributed by atoms with Gasteiger partial charge in [0.1, 0.15) is 23.8 Å². The van der Waals surface area contributed by atoms with Crippen molar-refractivity contribution in [3.05, 3.63) is 113 Å². The van der Waals surface area contributed by atoms with Gasteiger partial charge in [0.25, 0.3) is 5.91 Å². The van der Waals surface area contributed by atoms with Crippen molar-refractivity contribution in [2.24, 2.45) is 5.84 Å². The summed E-state index contributed by atoms with van der Waals surface area (Å²) in [5.74, 6) is 6.89. The molecular weight excluding hydrogens is 568 g/mol. The molecule has 4 N–H and O–H groups in total. The summed E-state index contributed by atoms with van der Waals surface area (Å²) in [6.45, 7) is 6.99. The van der Waals surface area contributed by atoms with Gasteiger partial charge in [0.05, 0.1) is 6.54 Å². The molecule has 1 amide bonds. The summed E-state index contributed by atoms with van der Waals surface area (Å²) in [4.78, 5) is 21.5. The number of para-hydroxylation sites is 1. The third-order valence-electron chi connectivity index (χ3n) is 7.18. The molecule has 1 saturated heterocycles. The van der Waals surface area contributed by atoms with Gasteiger partial charge in [-0.2, -0.15) is 4.98 Å². The minimum absolute atomic E-state index is 0.119. The molecule has 1 aliphatic rings. The van der Waals surface area contributed by atoms with Gasteiger partial charge in [0.2, 0.25) is 11.7 Å². The third kappa shape index (κ3) is 7.42. The maximum atomic E-state index is 12.7. The minimum atomic E-state index is -0.428. The fourth-order valence-corrected chi connectivity index (χ4v) is 5.02. The Bertz CT molecular complexity index is 1600. The van der Waals surface area contributed by atoms with Crippen molar-refractivity contribution in [1.82, 2.24) is 25.4 Å². The summed E-state index contributed by atoms with van der Waals surface area (Å²) in [5, 5.41) is 15.6. The Morgan fingerprint density at radius 2 is 1.81 bits per heavy atom. The number of phenols is 1. The molecule has 0 atom stereocenters. The van der Waals surface area contributed by atoms with E-state index >= 15 is 0 Å². The van der Waals surface area contributed by atoms with E-state index in [0.717, 1.165) is 16.7 Å². The van der Waals surface area contributed by atoms with Crippen LogP contribution in [0.4, 0.5) is 0 Å².